The predicted octanol–water partition coefficient (Wildman–Crippen LogP) is 4.41. The highest BCUT2D eigenvalue weighted by atomic mass is 79.9. The van der Waals surface area contributed by atoms with E-state index in [1.54, 1.807) is 6.20 Å². The standard InChI is InChI=1S/C9H4Br2ClN/c10-8-5-3-4-13-9(11)6(5)1-2-7(8)12/h1-4H. The summed E-state index contributed by atoms with van der Waals surface area (Å²) in [6.45, 7) is 0. The van der Waals surface area contributed by atoms with Crippen molar-refractivity contribution < 1.29 is 0 Å². The Balaban J connectivity index is 2.94. The lowest BCUT2D eigenvalue weighted by atomic mass is 10.2. The van der Waals surface area contributed by atoms with Gasteiger partial charge in [0.05, 0.1) is 5.02 Å². The zero-order valence-corrected chi connectivity index (χ0v) is 10.3. The molecule has 2 aromatic rings. The Bertz CT molecular complexity index is 470. The number of fused-ring (bicyclic) bond motifs is 1. The molecule has 0 fully saturated rings. The molecule has 1 heterocycles. The van der Waals surface area contributed by atoms with Crippen LogP contribution in [0.5, 0.6) is 0 Å². The first-order chi connectivity index (χ1) is 6.20. The minimum Gasteiger partial charge on any atom is -0.249 e. The lowest BCUT2D eigenvalue weighted by Gasteiger charge is -2.03. The molecule has 0 amide bonds. The van der Waals surface area contributed by atoms with Crippen molar-refractivity contribution in [2.24, 2.45) is 0 Å². The van der Waals surface area contributed by atoms with E-state index in [1.165, 1.54) is 0 Å². The van der Waals surface area contributed by atoms with Gasteiger partial charge in [0.2, 0.25) is 0 Å². The molecule has 0 aliphatic carbocycles. The molecule has 0 saturated heterocycles. The number of halogens is 3. The molecule has 13 heavy (non-hydrogen) atoms. The van der Waals surface area contributed by atoms with Crippen LogP contribution in [0, 0.1) is 0 Å². The molecule has 0 atom stereocenters. The lowest BCUT2D eigenvalue weighted by molar-refractivity contribution is 1.31. The van der Waals surface area contributed by atoms with E-state index in [9.17, 15) is 0 Å². The first-order valence-electron chi connectivity index (χ1n) is 3.58. The van der Waals surface area contributed by atoms with Crippen LogP contribution in [0.25, 0.3) is 10.8 Å². The lowest BCUT2D eigenvalue weighted by Crippen LogP contribution is -1.80. The molecule has 0 N–H and O–H groups in total. The van der Waals surface area contributed by atoms with Crippen molar-refractivity contribution >= 4 is 54.2 Å². The number of benzene rings is 1. The average Bonchev–Trinajstić information content (AvgIpc) is 2.12. The van der Waals surface area contributed by atoms with E-state index in [1.807, 2.05) is 18.2 Å². The molecular weight excluding hydrogens is 317 g/mol. The normalized spacial score (nSPS) is 10.7. The van der Waals surface area contributed by atoms with Crippen LogP contribution in [0.4, 0.5) is 0 Å². The van der Waals surface area contributed by atoms with Crippen molar-refractivity contribution in [2.45, 2.75) is 0 Å². The minimum atomic E-state index is 0.714. The van der Waals surface area contributed by atoms with Crippen molar-refractivity contribution in [3.05, 3.63) is 38.5 Å². The van der Waals surface area contributed by atoms with Gasteiger partial charge in [-0.15, -0.1) is 0 Å². The molecule has 4 heteroatoms. The SMILES string of the molecule is Clc1ccc2c(Br)nccc2c1Br. The highest BCUT2D eigenvalue weighted by Gasteiger charge is 2.05. The highest BCUT2D eigenvalue weighted by molar-refractivity contribution is 9.11. The second-order valence-electron chi connectivity index (χ2n) is 2.56. The Morgan fingerprint density at radius 2 is 1.85 bits per heavy atom. The molecule has 0 aliphatic heterocycles. The quantitative estimate of drug-likeness (QED) is 0.655. The van der Waals surface area contributed by atoms with Gasteiger partial charge in [0.15, 0.2) is 0 Å². The van der Waals surface area contributed by atoms with Gasteiger partial charge in [0, 0.05) is 21.4 Å². The van der Waals surface area contributed by atoms with Gasteiger partial charge in [0.25, 0.3) is 0 Å². The van der Waals surface area contributed by atoms with Crippen molar-refractivity contribution in [3.63, 3.8) is 0 Å². The Hall–Kier alpha value is -0.120. The summed E-state index contributed by atoms with van der Waals surface area (Å²) in [5.74, 6) is 0. The molecule has 1 aromatic heterocycles. The van der Waals surface area contributed by atoms with Crippen molar-refractivity contribution in [2.75, 3.05) is 0 Å². The van der Waals surface area contributed by atoms with Gasteiger partial charge in [-0.05, 0) is 44.0 Å². The number of nitrogens with zero attached hydrogens (tertiary/aromatic N) is 1. The van der Waals surface area contributed by atoms with E-state index in [2.05, 4.69) is 36.8 Å². The average molecular weight is 321 g/mol. The van der Waals surface area contributed by atoms with Crippen LogP contribution in [0.1, 0.15) is 0 Å². The Labute approximate surface area is 97.4 Å². The third-order valence-corrected chi connectivity index (χ3v) is 3.81. The van der Waals surface area contributed by atoms with E-state index in [-0.39, 0.29) is 0 Å². The van der Waals surface area contributed by atoms with Crippen molar-refractivity contribution in [1.82, 2.24) is 4.98 Å². The number of hydrogen-bond acceptors (Lipinski definition) is 1. The van der Waals surface area contributed by atoms with Crippen LogP contribution in [0.2, 0.25) is 5.02 Å². The van der Waals surface area contributed by atoms with Crippen LogP contribution in [-0.2, 0) is 0 Å². The fraction of sp³-hybridized carbons (Fsp3) is 0. The maximum absolute atomic E-state index is 5.96. The predicted molar refractivity (Wildman–Crippen MR) is 62.2 cm³/mol. The van der Waals surface area contributed by atoms with Crippen LogP contribution < -0.4 is 0 Å². The number of pyridine rings is 1. The Morgan fingerprint density at radius 3 is 2.62 bits per heavy atom. The van der Waals surface area contributed by atoms with Crippen molar-refractivity contribution in [1.29, 1.82) is 0 Å². The number of aromatic nitrogens is 1. The second kappa shape index (κ2) is 3.56. The fourth-order valence-corrected chi connectivity index (χ4v) is 2.26. The highest BCUT2D eigenvalue weighted by Crippen LogP contribution is 2.33. The zero-order chi connectivity index (χ0) is 9.42. The number of hydrogen-bond donors (Lipinski definition) is 0. The van der Waals surface area contributed by atoms with Crippen LogP contribution in [0.3, 0.4) is 0 Å². The van der Waals surface area contributed by atoms with E-state index in [4.69, 9.17) is 11.6 Å². The molecule has 66 valence electrons. The van der Waals surface area contributed by atoms with E-state index < -0.39 is 0 Å². The molecule has 0 saturated carbocycles. The molecule has 0 unspecified atom stereocenters. The third-order valence-electron chi connectivity index (χ3n) is 1.78. The molecule has 0 bridgehead atoms. The summed E-state index contributed by atoms with van der Waals surface area (Å²) in [5.41, 5.74) is 0. The summed E-state index contributed by atoms with van der Waals surface area (Å²) in [4.78, 5) is 4.13. The monoisotopic (exact) mass is 319 g/mol. The summed E-state index contributed by atoms with van der Waals surface area (Å²) in [5, 5.41) is 2.83. The molecule has 0 spiro atoms. The van der Waals surface area contributed by atoms with Gasteiger partial charge in [-0.25, -0.2) is 4.98 Å². The van der Waals surface area contributed by atoms with E-state index in [0.717, 1.165) is 19.8 Å². The summed E-state index contributed by atoms with van der Waals surface area (Å²) < 4.78 is 1.75. The summed E-state index contributed by atoms with van der Waals surface area (Å²) >= 11 is 12.8. The Kier molecular flexibility index (Phi) is 2.58. The summed E-state index contributed by atoms with van der Waals surface area (Å²) in [6.07, 6.45) is 1.74. The maximum atomic E-state index is 5.96. The zero-order valence-electron chi connectivity index (χ0n) is 6.39. The molecule has 1 nitrogen and oxygen atoms in total. The van der Waals surface area contributed by atoms with Gasteiger partial charge in [-0.2, -0.15) is 0 Å². The first-order valence-corrected chi connectivity index (χ1v) is 5.55. The van der Waals surface area contributed by atoms with Crippen LogP contribution in [0.15, 0.2) is 33.5 Å². The molecule has 0 aliphatic rings. The summed E-state index contributed by atoms with van der Waals surface area (Å²) in [7, 11) is 0. The fourth-order valence-electron chi connectivity index (χ4n) is 1.16. The van der Waals surface area contributed by atoms with Gasteiger partial charge >= 0.3 is 0 Å². The van der Waals surface area contributed by atoms with Gasteiger partial charge in [-0.1, -0.05) is 17.7 Å². The smallest absolute Gasteiger partial charge is 0.113 e. The Morgan fingerprint density at radius 1 is 1.08 bits per heavy atom. The van der Waals surface area contributed by atoms with Crippen molar-refractivity contribution in [3.8, 4) is 0 Å². The third kappa shape index (κ3) is 1.60. The summed E-state index contributed by atoms with van der Waals surface area (Å²) in [6, 6.07) is 5.72. The molecule has 0 radical (unpaired) electrons. The van der Waals surface area contributed by atoms with Gasteiger partial charge < -0.3 is 0 Å². The largest absolute Gasteiger partial charge is 0.249 e. The van der Waals surface area contributed by atoms with E-state index >= 15 is 0 Å². The van der Waals surface area contributed by atoms with E-state index in [0.29, 0.717) is 5.02 Å². The topological polar surface area (TPSA) is 12.9 Å². The molecular formula is C9H4Br2ClN. The van der Waals surface area contributed by atoms with Gasteiger partial charge in [0.1, 0.15) is 4.60 Å². The van der Waals surface area contributed by atoms with Gasteiger partial charge in [-0.3, -0.25) is 0 Å². The molecule has 1 aromatic carbocycles. The maximum Gasteiger partial charge on any atom is 0.113 e. The second-order valence-corrected chi connectivity index (χ2v) is 4.51. The minimum absolute atomic E-state index is 0.714. The first kappa shape index (κ1) is 9.44. The molecule has 2 rings (SSSR count). The number of rotatable bonds is 0. The van der Waals surface area contributed by atoms with Crippen LogP contribution in [-0.4, -0.2) is 4.98 Å². The van der Waals surface area contributed by atoms with Crippen LogP contribution >= 0.6 is 43.5 Å².